The first-order valence-electron chi connectivity index (χ1n) is 6.33. The molecule has 19 heavy (non-hydrogen) atoms. The molecule has 0 N–H and O–H groups in total. The molecule has 108 valence electrons. The zero-order chi connectivity index (χ0) is 14.3. The summed E-state index contributed by atoms with van der Waals surface area (Å²) in [5, 5.41) is 6.39. The molecule has 1 heterocycles. The maximum atomic E-state index is 12.5. The molecule has 0 unspecified atom stereocenters. The number of aromatic nitrogens is 2. The van der Waals surface area contributed by atoms with E-state index in [1.807, 2.05) is 11.9 Å². The Kier molecular flexibility index (Phi) is 3.77. The van der Waals surface area contributed by atoms with Gasteiger partial charge in [-0.1, -0.05) is 25.2 Å². The lowest BCUT2D eigenvalue weighted by Gasteiger charge is -2.38. The van der Waals surface area contributed by atoms with E-state index in [9.17, 15) is 13.2 Å². The van der Waals surface area contributed by atoms with Crippen LogP contribution in [0.25, 0.3) is 0 Å². The van der Waals surface area contributed by atoms with Gasteiger partial charge in [0, 0.05) is 13.1 Å². The minimum Gasteiger partial charge on any atom is -0.347 e. The Morgan fingerprint density at radius 3 is 2.26 bits per heavy atom. The summed E-state index contributed by atoms with van der Waals surface area (Å²) in [6, 6.07) is 0.266. The Morgan fingerprint density at radius 2 is 1.79 bits per heavy atom. The molecule has 0 bridgehead atoms. The van der Waals surface area contributed by atoms with E-state index in [0.29, 0.717) is 21.9 Å². The van der Waals surface area contributed by atoms with Crippen LogP contribution in [0.15, 0.2) is 0 Å². The summed E-state index contributed by atoms with van der Waals surface area (Å²) >= 11 is 0.620. The van der Waals surface area contributed by atoms with Crippen LogP contribution in [0.4, 0.5) is 18.3 Å². The molecular formula is C12H18F3N3S. The van der Waals surface area contributed by atoms with E-state index in [1.54, 1.807) is 0 Å². The van der Waals surface area contributed by atoms with Crippen LogP contribution in [0.3, 0.4) is 0 Å². The first kappa shape index (κ1) is 14.6. The predicted molar refractivity (Wildman–Crippen MR) is 69.4 cm³/mol. The Bertz CT molecular complexity index is 432. The van der Waals surface area contributed by atoms with Crippen molar-refractivity contribution in [3.05, 3.63) is 5.01 Å². The van der Waals surface area contributed by atoms with Crippen LogP contribution in [0.2, 0.25) is 0 Å². The van der Waals surface area contributed by atoms with Gasteiger partial charge >= 0.3 is 6.18 Å². The Morgan fingerprint density at radius 1 is 1.21 bits per heavy atom. The quantitative estimate of drug-likeness (QED) is 0.826. The second-order valence-corrected chi connectivity index (χ2v) is 6.85. The molecule has 3 nitrogen and oxygen atoms in total. The lowest BCUT2D eigenvalue weighted by atomic mass is 9.75. The maximum Gasteiger partial charge on any atom is 0.445 e. The van der Waals surface area contributed by atoms with Crippen LogP contribution in [0.5, 0.6) is 0 Å². The van der Waals surface area contributed by atoms with E-state index < -0.39 is 11.2 Å². The second-order valence-electron chi connectivity index (χ2n) is 5.89. The van der Waals surface area contributed by atoms with Gasteiger partial charge in [0.2, 0.25) is 10.1 Å². The van der Waals surface area contributed by atoms with Crippen molar-refractivity contribution in [2.75, 3.05) is 11.9 Å². The third-order valence-corrected chi connectivity index (χ3v) is 4.87. The summed E-state index contributed by atoms with van der Waals surface area (Å²) < 4.78 is 37.5. The van der Waals surface area contributed by atoms with Crippen molar-refractivity contribution < 1.29 is 13.2 Å². The van der Waals surface area contributed by atoms with Crippen molar-refractivity contribution in [3.8, 4) is 0 Å². The average molecular weight is 293 g/mol. The molecule has 0 saturated heterocycles. The van der Waals surface area contributed by atoms with Crippen LogP contribution in [-0.2, 0) is 6.18 Å². The molecule has 1 aliphatic carbocycles. The number of rotatable bonds is 2. The maximum absolute atomic E-state index is 12.5. The van der Waals surface area contributed by atoms with Crippen molar-refractivity contribution in [3.63, 3.8) is 0 Å². The van der Waals surface area contributed by atoms with Crippen LogP contribution < -0.4 is 4.90 Å². The zero-order valence-electron chi connectivity index (χ0n) is 11.3. The van der Waals surface area contributed by atoms with Gasteiger partial charge in [0.15, 0.2) is 0 Å². The van der Waals surface area contributed by atoms with Gasteiger partial charge in [0.1, 0.15) is 0 Å². The van der Waals surface area contributed by atoms with Gasteiger partial charge in [-0.05, 0) is 31.1 Å². The monoisotopic (exact) mass is 293 g/mol. The summed E-state index contributed by atoms with van der Waals surface area (Å²) in [5.41, 5.74) is 0.343. The van der Waals surface area contributed by atoms with E-state index in [1.165, 1.54) is 0 Å². The number of halogens is 3. The molecular weight excluding hydrogens is 275 g/mol. The smallest absolute Gasteiger partial charge is 0.347 e. The normalized spacial score (nSPS) is 20.5. The minimum atomic E-state index is -4.40. The second kappa shape index (κ2) is 4.92. The van der Waals surface area contributed by atoms with Crippen LogP contribution in [-0.4, -0.2) is 23.3 Å². The van der Waals surface area contributed by atoms with E-state index in [-0.39, 0.29) is 6.04 Å². The third-order valence-electron chi connectivity index (χ3n) is 3.81. The average Bonchev–Trinajstić information content (AvgIpc) is 2.77. The van der Waals surface area contributed by atoms with E-state index in [4.69, 9.17) is 0 Å². The highest BCUT2D eigenvalue weighted by molar-refractivity contribution is 7.15. The Hall–Kier alpha value is -0.850. The fourth-order valence-corrected chi connectivity index (χ4v) is 3.15. The molecule has 2 rings (SSSR count). The summed E-state index contributed by atoms with van der Waals surface area (Å²) in [6.45, 7) is 4.46. The number of hydrogen-bond acceptors (Lipinski definition) is 4. The van der Waals surface area contributed by atoms with Gasteiger partial charge in [-0.3, -0.25) is 0 Å². The fraction of sp³-hybridized carbons (Fsp3) is 0.833. The summed E-state index contributed by atoms with van der Waals surface area (Å²) in [4.78, 5) is 1.85. The van der Waals surface area contributed by atoms with Gasteiger partial charge < -0.3 is 4.90 Å². The van der Waals surface area contributed by atoms with Gasteiger partial charge in [-0.2, -0.15) is 13.2 Å². The SMILES string of the molecule is CN(c1nnc(C(F)(F)F)s1)C1CCC(C)(C)CC1. The standard InChI is InChI=1S/C12H18F3N3S/c1-11(2)6-4-8(5-7-11)18(3)10-17-16-9(19-10)12(13,14)15/h8H,4-7H2,1-3H3. The van der Waals surface area contributed by atoms with Crippen molar-refractivity contribution in [1.82, 2.24) is 10.2 Å². The van der Waals surface area contributed by atoms with Gasteiger partial charge in [-0.15, -0.1) is 10.2 Å². The molecule has 7 heteroatoms. The Labute approximate surface area is 114 Å². The molecule has 1 aromatic rings. The highest BCUT2D eigenvalue weighted by Gasteiger charge is 2.37. The van der Waals surface area contributed by atoms with Crippen molar-refractivity contribution >= 4 is 16.5 Å². The molecule has 0 spiro atoms. The summed E-state index contributed by atoms with van der Waals surface area (Å²) in [5.74, 6) is 0. The molecule has 0 amide bonds. The van der Waals surface area contributed by atoms with E-state index in [2.05, 4.69) is 24.0 Å². The predicted octanol–water partition coefficient (Wildman–Crippen LogP) is 3.96. The fourth-order valence-electron chi connectivity index (χ4n) is 2.40. The van der Waals surface area contributed by atoms with Gasteiger partial charge in [0.25, 0.3) is 0 Å². The van der Waals surface area contributed by atoms with E-state index in [0.717, 1.165) is 25.7 Å². The van der Waals surface area contributed by atoms with Gasteiger partial charge in [-0.25, -0.2) is 0 Å². The summed E-state index contributed by atoms with van der Waals surface area (Å²) in [7, 11) is 1.81. The van der Waals surface area contributed by atoms with Crippen LogP contribution in [0, 0.1) is 5.41 Å². The number of alkyl halides is 3. The molecule has 1 saturated carbocycles. The van der Waals surface area contributed by atoms with E-state index >= 15 is 0 Å². The lowest BCUT2D eigenvalue weighted by molar-refractivity contribution is -0.138. The Balaban J connectivity index is 2.04. The third kappa shape index (κ3) is 3.38. The van der Waals surface area contributed by atoms with Crippen LogP contribution in [0.1, 0.15) is 44.5 Å². The number of nitrogens with zero attached hydrogens (tertiary/aromatic N) is 3. The van der Waals surface area contributed by atoms with Gasteiger partial charge in [0.05, 0.1) is 0 Å². The number of anilines is 1. The molecule has 0 atom stereocenters. The topological polar surface area (TPSA) is 29.0 Å². The molecule has 1 fully saturated rings. The first-order chi connectivity index (χ1) is 8.69. The highest BCUT2D eigenvalue weighted by Crippen LogP contribution is 2.39. The summed E-state index contributed by atoms with van der Waals surface area (Å²) in [6.07, 6.45) is -0.236. The first-order valence-corrected chi connectivity index (χ1v) is 7.14. The minimum absolute atomic E-state index is 0.266. The zero-order valence-corrected chi connectivity index (χ0v) is 12.1. The molecule has 1 aromatic heterocycles. The number of hydrogen-bond donors (Lipinski definition) is 0. The van der Waals surface area contributed by atoms with Crippen molar-refractivity contribution in [1.29, 1.82) is 0 Å². The van der Waals surface area contributed by atoms with Crippen molar-refractivity contribution in [2.24, 2.45) is 5.41 Å². The molecule has 1 aliphatic rings. The highest BCUT2D eigenvalue weighted by atomic mass is 32.1. The lowest BCUT2D eigenvalue weighted by Crippen LogP contribution is -2.37. The molecule has 0 aliphatic heterocycles. The largest absolute Gasteiger partial charge is 0.445 e. The van der Waals surface area contributed by atoms with Crippen LogP contribution >= 0.6 is 11.3 Å². The molecule has 0 radical (unpaired) electrons. The molecule has 0 aromatic carbocycles. The van der Waals surface area contributed by atoms with Crippen molar-refractivity contribution in [2.45, 2.75) is 51.7 Å².